The maximum absolute atomic E-state index is 2.80. The number of nitrogens with zero attached hydrogens (tertiary/aromatic N) is 1. The standard InChI is InChI=1S/C16H37NSi/c1-8-9-10-11-12-13-14-18(6,7)17(15(2)3)16(4)5/h15-16H,8-14H2,1-7H3. The van der Waals surface area contributed by atoms with Gasteiger partial charge in [-0.25, -0.2) is 0 Å². The van der Waals surface area contributed by atoms with Crippen LogP contribution < -0.4 is 0 Å². The molecule has 0 bridgehead atoms. The normalized spacial score (nSPS) is 13.0. The van der Waals surface area contributed by atoms with Crippen LogP contribution in [-0.4, -0.2) is 24.9 Å². The zero-order valence-corrected chi connectivity index (χ0v) is 15.1. The van der Waals surface area contributed by atoms with Crippen molar-refractivity contribution in [1.29, 1.82) is 0 Å². The first-order valence-electron chi connectivity index (χ1n) is 8.11. The molecule has 0 amide bonds. The molecule has 0 aromatic heterocycles. The van der Waals surface area contributed by atoms with E-state index < -0.39 is 8.24 Å². The molecule has 0 atom stereocenters. The third kappa shape index (κ3) is 6.94. The first-order valence-corrected chi connectivity index (χ1v) is 11.3. The molecule has 0 aliphatic carbocycles. The van der Waals surface area contributed by atoms with Crippen LogP contribution in [0.5, 0.6) is 0 Å². The average Bonchev–Trinajstić information content (AvgIpc) is 2.21. The van der Waals surface area contributed by atoms with Gasteiger partial charge >= 0.3 is 0 Å². The predicted molar refractivity (Wildman–Crippen MR) is 87.8 cm³/mol. The molecule has 2 heteroatoms. The highest BCUT2D eigenvalue weighted by Gasteiger charge is 2.32. The summed E-state index contributed by atoms with van der Waals surface area (Å²) < 4.78 is 2.80. The molecule has 0 saturated heterocycles. The molecule has 0 radical (unpaired) electrons. The van der Waals surface area contributed by atoms with Crippen LogP contribution in [0, 0.1) is 0 Å². The molecule has 0 rings (SSSR count). The highest BCUT2D eigenvalue weighted by Crippen LogP contribution is 2.24. The van der Waals surface area contributed by atoms with E-state index in [4.69, 9.17) is 0 Å². The third-order valence-corrected chi connectivity index (χ3v) is 7.96. The van der Waals surface area contributed by atoms with Crippen LogP contribution in [0.3, 0.4) is 0 Å². The van der Waals surface area contributed by atoms with Crippen LogP contribution in [0.1, 0.15) is 73.1 Å². The minimum Gasteiger partial charge on any atom is -0.319 e. The molecule has 0 N–H and O–H groups in total. The van der Waals surface area contributed by atoms with Crippen molar-refractivity contribution in [2.75, 3.05) is 0 Å². The molecular weight excluding hydrogens is 234 g/mol. The van der Waals surface area contributed by atoms with Gasteiger partial charge in [0.2, 0.25) is 0 Å². The molecule has 0 aliphatic heterocycles. The Labute approximate surface area is 117 Å². The molecule has 110 valence electrons. The Morgan fingerprint density at radius 3 is 1.67 bits per heavy atom. The van der Waals surface area contributed by atoms with E-state index in [-0.39, 0.29) is 0 Å². The number of hydrogen-bond donors (Lipinski definition) is 0. The predicted octanol–water partition coefficient (Wildman–Crippen LogP) is 5.67. The fourth-order valence-electron chi connectivity index (χ4n) is 3.46. The Hall–Kier alpha value is 0.177. The van der Waals surface area contributed by atoms with Crippen molar-refractivity contribution < 1.29 is 0 Å². The molecule has 1 nitrogen and oxygen atoms in total. The van der Waals surface area contributed by atoms with E-state index in [0.29, 0.717) is 12.1 Å². The van der Waals surface area contributed by atoms with E-state index in [2.05, 4.69) is 52.3 Å². The topological polar surface area (TPSA) is 3.24 Å². The Morgan fingerprint density at radius 2 is 1.22 bits per heavy atom. The van der Waals surface area contributed by atoms with Crippen LogP contribution in [-0.2, 0) is 0 Å². The first kappa shape index (κ1) is 18.2. The molecule has 0 unspecified atom stereocenters. The summed E-state index contributed by atoms with van der Waals surface area (Å²) in [5.41, 5.74) is 0. The smallest absolute Gasteiger partial charge is 0.122 e. The Morgan fingerprint density at radius 1 is 0.778 bits per heavy atom. The second-order valence-electron chi connectivity index (χ2n) is 6.92. The van der Waals surface area contributed by atoms with Crippen molar-refractivity contribution in [3.05, 3.63) is 0 Å². The van der Waals surface area contributed by atoms with Crippen LogP contribution >= 0.6 is 0 Å². The van der Waals surface area contributed by atoms with Crippen LogP contribution in [0.25, 0.3) is 0 Å². The fourth-order valence-corrected chi connectivity index (χ4v) is 7.63. The Kier molecular flexibility index (Phi) is 9.23. The summed E-state index contributed by atoms with van der Waals surface area (Å²) >= 11 is 0. The van der Waals surface area contributed by atoms with Gasteiger partial charge in [-0.15, -0.1) is 0 Å². The van der Waals surface area contributed by atoms with E-state index in [1.165, 1.54) is 44.6 Å². The highest BCUT2D eigenvalue weighted by atomic mass is 28.3. The third-order valence-electron chi connectivity index (χ3n) is 3.95. The van der Waals surface area contributed by atoms with E-state index in [9.17, 15) is 0 Å². The van der Waals surface area contributed by atoms with Gasteiger partial charge in [0.15, 0.2) is 0 Å². The second kappa shape index (κ2) is 9.14. The van der Waals surface area contributed by atoms with Gasteiger partial charge in [-0.05, 0) is 18.1 Å². The SMILES string of the molecule is CCCCCCCC[Si](C)(C)N(C(C)C)C(C)C. The van der Waals surface area contributed by atoms with Crippen molar-refractivity contribution in [2.45, 2.75) is 104 Å². The molecule has 0 saturated carbocycles. The fraction of sp³-hybridized carbons (Fsp3) is 1.00. The lowest BCUT2D eigenvalue weighted by Crippen LogP contribution is -2.55. The van der Waals surface area contributed by atoms with Gasteiger partial charge in [0.05, 0.1) is 0 Å². The van der Waals surface area contributed by atoms with Crippen molar-refractivity contribution in [3.63, 3.8) is 0 Å². The molecular formula is C16H37NSi. The van der Waals surface area contributed by atoms with Crippen molar-refractivity contribution >= 4 is 8.24 Å². The maximum Gasteiger partial charge on any atom is 0.122 e. The quantitative estimate of drug-likeness (QED) is 0.365. The van der Waals surface area contributed by atoms with E-state index in [1.54, 1.807) is 0 Å². The van der Waals surface area contributed by atoms with Gasteiger partial charge in [0.1, 0.15) is 8.24 Å². The van der Waals surface area contributed by atoms with E-state index >= 15 is 0 Å². The van der Waals surface area contributed by atoms with Crippen molar-refractivity contribution in [2.24, 2.45) is 0 Å². The molecule has 18 heavy (non-hydrogen) atoms. The summed E-state index contributed by atoms with van der Waals surface area (Å²) in [5, 5.41) is 0. The summed E-state index contributed by atoms with van der Waals surface area (Å²) in [6.07, 6.45) is 8.55. The Bertz CT molecular complexity index is 191. The van der Waals surface area contributed by atoms with Gasteiger partial charge in [0.25, 0.3) is 0 Å². The van der Waals surface area contributed by atoms with E-state index in [1.807, 2.05) is 0 Å². The summed E-state index contributed by atoms with van der Waals surface area (Å²) in [7, 11) is -1.19. The van der Waals surface area contributed by atoms with Crippen molar-refractivity contribution in [1.82, 2.24) is 4.57 Å². The van der Waals surface area contributed by atoms with Crippen LogP contribution in [0.2, 0.25) is 19.1 Å². The summed E-state index contributed by atoms with van der Waals surface area (Å²) in [6, 6.07) is 2.87. The molecule has 0 spiro atoms. The monoisotopic (exact) mass is 271 g/mol. The van der Waals surface area contributed by atoms with Crippen LogP contribution in [0.15, 0.2) is 0 Å². The summed E-state index contributed by atoms with van der Waals surface area (Å²) in [4.78, 5) is 0. The molecule has 0 aromatic carbocycles. The number of hydrogen-bond acceptors (Lipinski definition) is 1. The van der Waals surface area contributed by atoms with Gasteiger partial charge in [-0.2, -0.15) is 0 Å². The largest absolute Gasteiger partial charge is 0.319 e. The van der Waals surface area contributed by atoms with Crippen LogP contribution in [0.4, 0.5) is 0 Å². The lowest BCUT2D eigenvalue weighted by Gasteiger charge is -2.43. The number of rotatable bonds is 10. The zero-order valence-electron chi connectivity index (χ0n) is 14.1. The van der Waals surface area contributed by atoms with Gasteiger partial charge in [0, 0.05) is 0 Å². The average molecular weight is 272 g/mol. The highest BCUT2D eigenvalue weighted by molar-refractivity contribution is 6.74. The zero-order chi connectivity index (χ0) is 14.2. The summed E-state index contributed by atoms with van der Waals surface area (Å²) in [6.45, 7) is 16.8. The molecule has 0 fully saturated rings. The lowest BCUT2D eigenvalue weighted by atomic mass is 10.1. The molecule has 0 heterocycles. The van der Waals surface area contributed by atoms with E-state index in [0.717, 1.165) is 0 Å². The van der Waals surface area contributed by atoms with Gasteiger partial charge in [-0.1, -0.05) is 86.2 Å². The first-order chi connectivity index (χ1) is 8.33. The maximum atomic E-state index is 2.80. The lowest BCUT2D eigenvalue weighted by molar-refractivity contribution is 0.292. The molecule has 0 aliphatic rings. The summed E-state index contributed by atoms with van der Waals surface area (Å²) in [5.74, 6) is 0. The molecule has 0 aromatic rings. The minimum atomic E-state index is -1.19. The second-order valence-corrected chi connectivity index (χ2v) is 11.6. The number of unbranched alkanes of at least 4 members (excludes halogenated alkanes) is 5. The minimum absolute atomic E-state index is 0.701. The van der Waals surface area contributed by atoms with Gasteiger partial charge in [-0.3, -0.25) is 0 Å². The van der Waals surface area contributed by atoms with Crippen molar-refractivity contribution in [3.8, 4) is 0 Å². The Balaban J connectivity index is 4.04. The van der Waals surface area contributed by atoms with Gasteiger partial charge < -0.3 is 4.57 Å².